The molecule has 0 aliphatic heterocycles. The van der Waals surface area contributed by atoms with Crippen molar-refractivity contribution < 1.29 is 9.53 Å². The van der Waals surface area contributed by atoms with Gasteiger partial charge in [0.2, 0.25) is 0 Å². The molecule has 0 unspecified atom stereocenters. The summed E-state index contributed by atoms with van der Waals surface area (Å²) in [6.07, 6.45) is 1.47. The molecule has 6 nitrogen and oxygen atoms in total. The summed E-state index contributed by atoms with van der Waals surface area (Å²) in [6.45, 7) is 6.48. The third kappa shape index (κ3) is 5.40. The first-order valence-corrected chi connectivity index (χ1v) is 6.94. The number of ether oxygens (including phenoxy) is 1. The van der Waals surface area contributed by atoms with E-state index < -0.39 is 0 Å². The predicted molar refractivity (Wildman–Crippen MR) is 78.2 cm³/mol. The Bertz CT molecular complexity index is 440. The first-order valence-electron chi connectivity index (χ1n) is 6.56. The Kier molecular flexibility index (Phi) is 7.43. The number of halogens is 1. The van der Waals surface area contributed by atoms with E-state index in [9.17, 15) is 4.79 Å². The summed E-state index contributed by atoms with van der Waals surface area (Å²) >= 11 is 5.96. The van der Waals surface area contributed by atoms with Crippen molar-refractivity contribution in [3.8, 4) is 0 Å². The molecule has 0 aliphatic carbocycles. The standard InChI is InChI=1S/C13H21ClN4O2/c1-9(2)12-17-8-10(14)11(18-12)13(19)16-5-4-15-6-7-20-3/h8-9,15H,4-7H2,1-3H3,(H,16,19). The third-order valence-electron chi connectivity index (χ3n) is 2.56. The van der Waals surface area contributed by atoms with Crippen LogP contribution < -0.4 is 10.6 Å². The van der Waals surface area contributed by atoms with Crippen LogP contribution in [0.25, 0.3) is 0 Å². The van der Waals surface area contributed by atoms with Gasteiger partial charge in [0.1, 0.15) is 11.5 Å². The zero-order valence-corrected chi connectivity index (χ0v) is 12.8. The number of methoxy groups -OCH3 is 1. The lowest BCUT2D eigenvalue weighted by molar-refractivity contribution is 0.0948. The van der Waals surface area contributed by atoms with Gasteiger partial charge >= 0.3 is 0 Å². The Labute approximate surface area is 124 Å². The molecular weight excluding hydrogens is 280 g/mol. The number of rotatable bonds is 8. The topological polar surface area (TPSA) is 76.1 Å². The second kappa shape index (κ2) is 8.84. The van der Waals surface area contributed by atoms with Crippen molar-refractivity contribution in [3.63, 3.8) is 0 Å². The van der Waals surface area contributed by atoms with Crippen molar-refractivity contribution in [1.82, 2.24) is 20.6 Å². The molecule has 0 aliphatic rings. The number of hydrogen-bond donors (Lipinski definition) is 2. The number of hydrogen-bond acceptors (Lipinski definition) is 5. The van der Waals surface area contributed by atoms with E-state index in [0.717, 1.165) is 6.54 Å². The minimum Gasteiger partial charge on any atom is -0.383 e. The van der Waals surface area contributed by atoms with Gasteiger partial charge < -0.3 is 15.4 Å². The van der Waals surface area contributed by atoms with Crippen molar-refractivity contribution in [3.05, 3.63) is 22.7 Å². The van der Waals surface area contributed by atoms with Gasteiger partial charge in [-0.25, -0.2) is 9.97 Å². The van der Waals surface area contributed by atoms with Crippen molar-refractivity contribution in [2.45, 2.75) is 19.8 Å². The maximum absolute atomic E-state index is 12.0. The van der Waals surface area contributed by atoms with Crippen molar-refractivity contribution in [2.75, 3.05) is 33.4 Å². The summed E-state index contributed by atoms with van der Waals surface area (Å²) in [4.78, 5) is 20.3. The lowest BCUT2D eigenvalue weighted by Gasteiger charge is -2.09. The SMILES string of the molecule is COCCNCCNC(=O)c1nc(C(C)C)ncc1Cl. The average molecular weight is 301 g/mol. The van der Waals surface area contributed by atoms with Crippen LogP contribution in [0, 0.1) is 0 Å². The van der Waals surface area contributed by atoms with Gasteiger partial charge in [0.05, 0.1) is 17.8 Å². The molecular formula is C13H21ClN4O2. The molecule has 0 radical (unpaired) electrons. The third-order valence-corrected chi connectivity index (χ3v) is 2.84. The molecule has 0 bridgehead atoms. The summed E-state index contributed by atoms with van der Waals surface area (Å²) < 4.78 is 4.91. The van der Waals surface area contributed by atoms with Gasteiger partial charge in [0.25, 0.3) is 5.91 Å². The van der Waals surface area contributed by atoms with Crippen LogP contribution in [-0.4, -0.2) is 49.2 Å². The minimum atomic E-state index is -0.284. The second-order valence-corrected chi connectivity index (χ2v) is 4.99. The van der Waals surface area contributed by atoms with Crippen LogP contribution in [0.2, 0.25) is 5.02 Å². The van der Waals surface area contributed by atoms with Gasteiger partial charge in [0, 0.05) is 32.7 Å². The summed E-state index contributed by atoms with van der Waals surface area (Å²) in [5, 5.41) is 6.16. The quantitative estimate of drug-likeness (QED) is 0.706. The molecule has 1 rings (SSSR count). The average Bonchev–Trinajstić information content (AvgIpc) is 2.42. The van der Waals surface area contributed by atoms with Gasteiger partial charge in [0.15, 0.2) is 0 Å². The maximum Gasteiger partial charge on any atom is 0.271 e. The highest BCUT2D eigenvalue weighted by molar-refractivity contribution is 6.33. The molecule has 0 saturated carbocycles. The molecule has 0 spiro atoms. The number of nitrogens with one attached hydrogen (secondary N) is 2. The monoisotopic (exact) mass is 300 g/mol. The number of aromatic nitrogens is 2. The zero-order valence-electron chi connectivity index (χ0n) is 12.1. The summed E-state index contributed by atoms with van der Waals surface area (Å²) in [6, 6.07) is 0. The van der Waals surface area contributed by atoms with E-state index in [1.807, 2.05) is 13.8 Å². The highest BCUT2D eigenvalue weighted by Crippen LogP contribution is 2.15. The van der Waals surface area contributed by atoms with E-state index in [2.05, 4.69) is 20.6 Å². The van der Waals surface area contributed by atoms with E-state index in [-0.39, 0.29) is 22.5 Å². The maximum atomic E-state index is 12.0. The number of nitrogens with zero attached hydrogens (tertiary/aromatic N) is 2. The van der Waals surface area contributed by atoms with Crippen LogP contribution in [0.1, 0.15) is 36.1 Å². The molecule has 7 heteroatoms. The van der Waals surface area contributed by atoms with Crippen LogP contribution in [0.5, 0.6) is 0 Å². The molecule has 1 heterocycles. The fourth-order valence-corrected chi connectivity index (χ4v) is 1.64. The van der Waals surface area contributed by atoms with Crippen LogP contribution in [0.3, 0.4) is 0 Å². The van der Waals surface area contributed by atoms with E-state index in [1.54, 1.807) is 7.11 Å². The lowest BCUT2D eigenvalue weighted by atomic mass is 10.2. The summed E-state index contributed by atoms with van der Waals surface area (Å²) in [5.74, 6) is 0.472. The molecule has 20 heavy (non-hydrogen) atoms. The Hall–Kier alpha value is -1.24. The Morgan fingerprint density at radius 1 is 1.40 bits per heavy atom. The molecule has 1 aromatic heterocycles. The number of amides is 1. The van der Waals surface area contributed by atoms with E-state index in [4.69, 9.17) is 16.3 Å². The van der Waals surface area contributed by atoms with Crippen molar-refractivity contribution >= 4 is 17.5 Å². The van der Waals surface area contributed by atoms with Gasteiger partial charge in [-0.2, -0.15) is 0 Å². The van der Waals surface area contributed by atoms with Crippen LogP contribution in [0.4, 0.5) is 0 Å². The Morgan fingerprint density at radius 3 is 2.80 bits per heavy atom. The van der Waals surface area contributed by atoms with Crippen molar-refractivity contribution in [1.29, 1.82) is 0 Å². The number of carbonyl (C=O) groups is 1. The first kappa shape index (κ1) is 16.8. The van der Waals surface area contributed by atoms with Crippen LogP contribution in [-0.2, 0) is 4.74 Å². The summed E-state index contributed by atoms with van der Waals surface area (Å²) in [5.41, 5.74) is 0.224. The van der Waals surface area contributed by atoms with E-state index >= 15 is 0 Å². The smallest absolute Gasteiger partial charge is 0.271 e. The van der Waals surface area contributed by atoms with Gasteiger partial charge in [-0.3, -0.25) is 4.79 Å². The van der Waals surface area contributed by atoms with Crippen LogP contribution in [0.15, 0.2) is 6.20 Å². The predicted octanol–water partition coefficient (Wildman–Crippen LogP) is 1.22. The molecule has 2 N–H and O–H groups in total. The molecule has 0 aromatic carbocycles. The van der Waals surface area contributed by atoms with Crippen molar-refractivity contribution in [2.24, 2.45) is 0 Å². The van der Waals surface area contributed by atoms with Gasteiger partial charge in [-0.05, 0) is 0 Å². The fraction of sp³-hybridized carbons (Fsp3) is 0.615. The molecule has 1 amide bonds. The zero-order chi connectivity index (χ0) is 15.0. The molecule has 112 valence electrons. The van der Waals surface area contributed by atoms with Crippen LogP contribution >= 0.6 is 11.6 Å². The lowest BCUT2D eigenvalue weighted by Crippen LogP contribution is -2.33. The molecule has 0 fully saturated rings. The minimum absolute atomic E-state index is 0.148. The number of carbonyl (C=O) groups excluding carboxylic acids is 1. The fourth-order valence-electron chi connectivity index (χ4n) is 1.47. The highest BCUT2D eigenvalue weighted by atomic mass is 35.5. The highest BCUT2D eigenvalue weighted by Gasteiger charge is 2.14. The molecule has 1 aromatic rings. The van der Waals surface area contributed by atoms with Gasteiger partial charge in [-0.15, -0.1) is 0 Å². The molecule has 0 atom stereocenters. The van der Waals surface area contributed by atoms with E-state index in [0.29, 0.717) is 25.5 Å². The van der Waals surface area contributed by atoms with E-state index in [1.165, 1.54) is 6.20 Å². The largest absolute Gasteiger partial charge is 0.383 e. The normalized spacial score (nSPS) is 10.8. The first-order chi connectivity index (χ1) is 9.56. The second-order valence-electron chi connectivity index (χ2n) is 4.58. The van der Waals surface area contributed by atoms with Gasteiger partial charge in [-0.1, -0.05) is 25.4 Å². The Balaban J connectivity index is 2.48. The molecule has 0 saturated heterocycles. The Morgan fingerprint density at radius 2 is 2.15 bits per heavy atom. The summed E-state index contributed by atoms with van der Waals surface area (Å²) in [7, 11) is 1.65.